The summed E-state index contributed by atoms with van der Waals surface area (Å²) in [4.78, 5) is 2.79. The molecule has 0 aliphatic carbocycles. The van der Waals surface area contributed by atoms with E-state index in [1.165, 1.54) is 7.11 Å². The second kappa shape index (κ2) is 8.47. The van der Waals surface area contributed by atoms with E-state index in [0.717, 1.165) is 49.9 Å². The van der Waals surface area contributed by atoms with Crippen molar-refractivity contribution in [1.29, 1.82) is 0 Å². The summed E-state index contributed by atoms with van der Waals surface area (Å²) in [5.74, 6) is 0.432. The monoisotopic (exact) mass is 396 g/mol. The predicted octanol–water partition coefficient (Wildman–Crippen LogP) is 2.58. The van der Waals surface area contributed by atoms with E-state index in [4.69, 9.17) is 9.47 Å². The quantitative estimate of drug-likeness (QED) is 0.766. The van der Waals surface area contributed by atoms with Gasteiger partial charge in [0.15, 0.2) is 0 Å². The van der Waals surface area contributed by atoms with Crippen molar-refractivity contribution in [3.63, 3.8) is 0 Å². The van der Waals surface area contributed by atoms with Gasteiger partial charge in [0.2, 0.25) is 10.0 Å². The van der Waals surface area contributed by atoms with E-state index in [2.05, 4.69) is 4.90 Å². The molecular weight excluding hydrogens is 364 g/mol. The summed E-state index contributed by atoms with van der Waals surface area (Å²) < 4.78 is 38.9. The zero-order chi connectivity index (χ0) is 19.6. The average molecular weight is 397 g/mol. The third kappa shape index (κ3) is 4.31. The van der Waals surface area contributed by atoms with Crippen LogP contribution in [0.3, 0.4) is 0 Å². The van der Waals surface area contributed by atoms with E-state index in [9.17, 15) is 8.42 Å². The Bertz CT molecular complexity index is 749. The van der Waals surface area contributed by atoms with Gasteiger partial charge in [-0.1, -0.05) is 0 Å². The number of rotatable bonds is 5. The molecule has 2 aliphatic heterocycles. The minimum Gasteiger partial charge on any atom is -0.495 e. The maximum absolute atomic E-state index is 13.2. The Morgan fingerprint density at radius 2 is 1.52 bits per heavy atom. The second-order valence-corrected chi connectivity index (χ2v) is 9.60. The van der Waals surface area contributed by atoms with Gasteiger partial charge >= 0.3 is 0 Å². The first kappa shape index (κ1) is 20.6. The van der Waals surface area contributed by atoms with Gasteiger partial charge in [-0.3, -0.25) is 0 Å². The summed E-state index contributed by atoms with van der Waals surface area (Å²) in [6, 6.07) is 4.02. The van der Waals surface area contributed by atoms with Crippen LogP contribution in [0.1, 0.15) is 36.8 Å². The molecule has 2 saturated heterocycles. The van der Waals surface area contributed by atoms with Gasteiger partial charge in [0.25, 0.3) is 0 Å². The Kier molecular flexibility index (Phi) is 6.46. The Labute approximate surface area is 163 Å². The molecule has 0 unspecified atom stereocenters. The molecule has 3 rings (SSSR count). The number of nitrogens with zero attached hydrogens (tertiary/aromatic N) is 2. The van der Waals surface area contributed by atoms with E-state index in [1.807, 2.05) is 19.9 Å². The Morgan fingerprint density at radius 1 is 0.926 bits per heavy atom. The van der Waals surface area contributed by atoms with Crippen LogP contribution in [0.15, 0.2) is 17.0 Å². The van der Waals surface area contributed by atoms with Gasteiger partial charge in [-0.05, 0) is 62.8 Å². The van der Waals surface area contributed by atoms with Crippen molar-refractivity contribution >= 4 is 10.0 Å². The molecule has 0 spiro atoms. The summed E-state index contributed by atoms with van der Waals surface area (Å²) in [7, 11) is -0.232. The van der Waals surface area contributed by atoms with Crippen LogP contribution >= 0.6 is 0 Å². The molecule has 0 N–H and O–H groups in total. The van der Waals surface area contributed by atoms with Gasteiger partial charge in [-0.2, -0.15) is 4.31 Å². The van der Waals surface area contributed by atoms with Crippen LogP contribution in [0.5, 0.6) is 5.75 Å². The highest BCUT2D eigenvalue weighted by Crippen LogP contribution is 2.32. The number of aryl methyl sites for hydroxylation is 2. The predicted molar refractivity (Wildman–Crippen MR) is 106 cm³/mol. The normalized spacial score (nSPS) is 21.5. The number of methoxy groups -OCH3 is 2. The summed E-state index contributed by atoms with van der Waals surface area (Å²) >= 11 is 0. The Balaban J connectivity index is 1.68. The highest BCUT2D eigenvalue weighted by molar-refractivity contribution is 7.89. The van der Waals surface area contributed by atoms with E-state index in [1.54, 1.807) is 17.5 Å². The SMILES string of the molecule is COc1cc(C)c(C)cc1S(=O)(=O)N1CCC(N2CCC(OC)CC2)CC1. The fraction of sp³-hybridized carbons (Fsp3) is 0.700. The van der Waals surface area contributed by atoms with Crippen LogP contribution in [0.4, 0.5) is 0 Å². The summed E-state index contributed by atoms with van der Waals surface area (Å²) in [6.07, 6.45) is 4.26. The van der Waals surface area contributed by atoms with Crippen LogP contribution in [0, 0.1) is 13.8 Å². The lowest BCUT2D eigenvalue weighted by Gasteiger charge is -2.41. The standard InChI is InChI=1S/C20H32N2O4S/c1-15-13-19(26-4)20(14-16(15)2)27(23,24)22-11-5-17(6-12-22)21-9-7-18(25-3)8-10-21/h13-14,17-18H,5-12H2,1-4H3. The van der Waals surface area contributed by atoms with Gasteiger partial charge in [0.05, 0.1) is 13.2 Å². The molecule has 0 aromatic heterocycles. The van der Waals surface area contributed by atoms with E-state index >= 15 is 0 Å². The molecular formula is C20H32N2O4S. The molecule has 152 valence electrons. The first-order valence-corrected chi connectivity index (χ1v) is 11.2. The van der Waals surface area contributed by atoms with Gasteiger partial charge in [0, 0.05) is 39.3 Å². The number of hydrogen-bond donors (Lipinski definition) is 0. The lowest BCUT2D eigenvalue weighted by Crippen LogP contribution is -2.49. The maximum atomic E-state index is 13.2. The third-order valence-corrected chi connectivity index (χ3v) is 8.07. The van der Waals surface area contributed by atoms with Crippen LogP contribution in [0.2, 0.25) is 0 Å². The largest absolute Gasteiger partial charge is 0.495 e. The van der Waals surface area contributed by atoms with Gasteiger partial charge in [0.1, 0.15) is 10.6 Å². The number of benzene rings is 1. The fourth-order valence-corrected chi connectivity index (χ4v) is 5.88. The number of ether oxygens (including phenoxy) is 2. The van der Waals surface area contributed by atoms with Gasteiger partial charge in [-0.25, -0.2) is 8.42 Å². The fourth-order valence-electron chi connectivity index (χ4n) is 4.19. The van der Waals surface area contributed by atoms with Crippen molar-refractivity contribution in [3.05, 3.63) is 23.3 Å². The molecule has 0 radical (unpaired) electrons. The molecule has 2 aliphatic rings. The maximum Gasteiger partial charge on any atom is 0.246 e. The minimum absolute atomic E-state index is 0.285. The molecule has 0 amide bonds. The lowest BCUT2D eigenvalue weighted by atomic mass is 10.00. The van der Waals surface area contributed by atoms with Crippen LogP contribution in [0.25, 0.3) is 0 Å². The topological polar surface area (TPSA) is 59.1 Å². The smallest absolute Gasteiger partial charge is 0.246 e. The van der Waals surface area contributed by atoms with E-state index in [-0.39, 0.29) is 4.90 Å². The summed E-state index contributed by atoms with van der Waals surface area (Å²) in [5.41, 5.74) is 1.99. The molecule has 0 saturated carbocycles. The molecule has 0 atom stereocenters. The number of likely N-dealkylation sites (tertiary alicyclic amines) is 1. The highest BCUT2D eigenvalue weighted by Gasteiger charge is 2.34. The lowest BCUT2D eigenvalue weighted by molar-refractivity contribution is 0.0190. The molecule has 1 aromatic carbocycles. The summed E-state index contributed by atoms with van der Waals surface area (Å²) in [5, 5.41) is 0. The van der Waals surface area contributed by atoms with Crippen molar-refractivity contribution in [2.24, 2.45) is 0 Å². The second-order valence-electron chi connectivity index (χ2n) is 7.69. The molecule has 0 bridgehead atoms. The van der Waals surface area contributed by atoms with E-state index in [0.29, 0.717) is 31.0 Å². The average Bonchev–Trinajstić information content (AvgIpc) is 2.69. The van der Waals surface area contributed by atoms with Crippen LogP contribution in [-0.2, 0) is 14.8 Å². The van der Waals surface area contributed by atoms with Crippen molar-refractivity contribution < 1.29 is 17.9 Å². The zero-order valence-corrected chi connectivity index (χ0v) is 17.7. The third-order valence-electron chi connectivity index (χ3n) is 6.15. The molecule has 1 aromatic rings. The Morgan fingerprint density at radius 3 is 2.07 bits per heavy atom. The van der Waals surface area contributed by atoms with Gasteiger partial charge < -0.3 is 14.4 Å². The van der Waals surface area contributed by atoms with E-state index < -0.39 is 10.0 Å². The molecule has 2 fully saturated rings. The number of sulfonamides is 1. The molecule has 7 heteroatoms. The number of piperidine rings is 2. The van der Waals surface area contributed by atoms with Crippen LogP contribution < -0.4 is 4.74 Å². The van der Waals surface area contributed by atoms with Crippen molar-refractivity contribution in [2.75, 3.05) is 40.4 Å². The van der Waals surface area contributed by atoms with Crippen molar-refractivity contribution in [2.45, 2.75) is 56.6 Å². The molecule has 2 heterocycles. The number of hydrogen-bond acceptors (Lipinski definition) is 5. The first-order chi connectivity index (χ1) is 12.9. The first-order valence-electron chi connectivity index (χ1n) is 9.79. The van der Waals surface area contributed by atoms with Gasteiger partial charge in [-0.15, -0.1) is 0 Å². The molecule has 6 nitrogen and oxygen atoms in total. The zero-order valence-electron chi connectivity index (χ0n) is 16.9. The Hall–Kier alpha value is -1.15. The highest BCUT2D eigenvalue weighted by atomic mass is 32.2. The van der Waals surface area contributed by atoms with Crippen molar-refractivity contribution in [3.8, 4) is 5.75 Å². The van der Waals surface area contributed by atoms with Crippen LogP contribution in [-0.4, -0.2) is 70.2 Å². The molecule has 27 heavy (non-hydrogen) atoms. The van der Waals surface area contributed by atoms with Crippen molar-refractivity contribution in [1.82, 2.24) is 9.21 Å². The summed E-state index contributed by atoms with van der Waals surface area (Å²) in [6.45, 7) is 7.11. The minimum atomic E-state index is -3.54.